The number of hydrogen-bond donors (Lipinski definition) is 2. The SMILES string of the molecule is COc1ccc([C@@H]2c3sc(=O)n(CC(=O)Nc4ccc(O)cc4)c3S[C@H]3C(=O)N(c4ccc(Br)cc4)C(=O)[C@@H]23)cc1OC. The van der Waals surface area contributed by atoms with Crippen molar-refractivity contribution in [1.29, 1.82) is 0 Å². The van der Waals surface area contributed by atoms with Gasteiger partial charge in [0.1, 0.15) is 17.5 Å². The van der Waals surface area contributed by atoms with Gasteiger partial charge in [-0.15, -0.1) is 0 Å². The van der Waals surface area contributed by atoms with Crippen molar-refractivity contribution in [2.75, 3.05) is 24.4 Å². The number of phenols is 1. The predicted molar refractivity (Wildman–Crippen MR) is 166 cm³/mol. The van der Waals surface area contributed by atoms with Crippen LogP contribution in [0.5, 0.6) is 17.2 Å². The second-order valence-electron chi connectivity index (χ2n) is 9.86. The number of imide groups is 1. The summed E-state index contributed by atoms with van der Waals surface area (Å²) in [4.78, 5) is 55.8. The Morgan fingerprint density at radius 3 is 2.33 bits per heavy atom. The number of phenolic OH excluding ortho intramolecular Hbond substituents is 1. The van der Waals surface area contributed by atoms with Crippen LogP contribution in [0.1, 0.15) is 16.4 Å². The molecule has 1 aromatic heterocycles. The van der Waals surface area contributed by atoms with Crippen LogP contribution in [-0.2, 0) is 20.9 Å². The number of anilines is 2. The van der Waals surface area contributed by atoms with Gasteiger partial charge >= 0.3 is 4.87 Å². The lowest BCUT2D eigenvalue weighted by Gasteiger charge is -2.31. The minimum Gasteiger partial charge on any atom is -0.508 e. The topological polar surface area (TPSA) is 127 Å². The van der Waals surface area contributed by atoms with Crippen molar-refractivity contribution in [3.05, 3.63) is 91.3 Å². The van der Waals surface area contributed by atoms with E-state index in [2.05, 4.69) is 21.2 Å². The second-order valence-corrected chi connectivity index (χ2v) is 12.9. The molecule has 4 aromatic rings. The highest BCUT2D eigenvalue weighted by atomic mass is 79.9. The smallest absolute Gasteiger partial charge is 0.308 e. The van der Waals surface area contributed by atoms with Crippen molar-refractivity contribution in [2.24, 2.45) is 5.92 Å². The van der Waals surface area contributed by atoms with Gasteiger partial charge in [0.2, 0.25) is 17.7 Å². The lowest BCUT2D eigenvalue weighted by Crippen LogP contribution is -2.33. The third kappa shape index (κ3) is 5.21. The van der Waals surface area contributed by atoms with E-state index in [1.165, 1.54) is 35.8 Å². The van der Waals surface area contributed by atoms with Gasteiger partial charge in [-0.25, -0.2) is 4.90 Å². The summed E-state index contributed by atoms with van der Waals surface area (Å²) >= 11 is 5.49. The maximum absolute atomic E-state index is 14.1. The van der Waals surface area contributed by atoms with Crippen LogP contribution in [0, 0.1) is 5.92 Å². The predicted octanol–water partition coefficient (Wildman–Crippen LogP) is 4.83. The first-order valence-electron chi connectivity index (χ1n) is 13.0. The Labute approximate surface area is 262 Å². The number of halogens is 1. The van der Waals surface area contributed by atoms with Gasteiger partial charge < -0.3 is 19.9 Å². The normalized spacial score (nSPS) is 19.1. The molecule has 2 N–H and O–H groups in total. The Morgan fingerprint density at radius 1 is 0.953 bits per heavy atom. The number of hydrogen-bond acceptors (Lipinski definition) is 9. The highest BCUT2D eigenvalue weighted by Crippen LogP contribution is 2.54. The van der Waals surface area contributed by atoms with Gasteiger partial charge in [0, 0.05) is 21.0 Å². The number of thiazole rings is 1. The van der Waals surface area contributed by atoms with Crippen LogP contribution in [0.15, 0.2) is 81.0 Å². The molecule has 10 nitrogen and oxygen atoms in total. The molecule has 0 aliphatic carbocycles. The molecule has 0 saturated carbocycles. The number of fused-ring (bicyclic) bond motifs is 2. The number of nitrogens with one attached hydrogen (secondary N) is 1. The fourth-order valence-corrected chi connectivity index (χ4v) is 8.43. The number of ether oxygens (including phenoxy) is 2. The molecule has 13 heteroatoms. The van der Waals surface area contributed by atoms with Gasteiger partial charge in [0.25, 0.3) is 0 Å². The lowest BCUT2D eigenvalue weighted by atomic mass is 9.83. The highest BCUT2D eigenvalue weighted by molar-refractivity contribution is 9.10. The molecule has 0 radical (unpaired) electrons. The van der Waals surface area contributed by atoms with E-state index >= 15 is 0 Å². The summed E-state index contributed by atoms with van der Waals surface area (Å²) in [5.41, 5.74) is 1.58. The molecule has 2 aliphatic heterocycles. The summed E-state index contributed by atoms with van der Waals surface area (Å²) in [5, 5.41) is 11.9. The minimum absolute atomic E-state index is 0.0567. The molecule has 3 atom stereocenters. The van der Waals surface area contributed by atoms with Gasteiger partial charge in [0.15, 0.2) is 11.5 Å². The lowest BCUT2D eigenvalue weighted by molar-refractivity contribution is -0.122. The first kappa shape index (κ1) is 29.0. The zero-order chi connectivity index (χ0) is 30.4. The molecule has 0 unspecified atom stereocenters. The first-order chi connectivity index (χ1) is 20.7. The van der Waals surface area contributed by atoms with E-state index in [4.69, 9.17) is 9.47 Å². The number of benzene rings is 3. The van der Waals surface area contributed by atoms with Crippen molar-refractivity contribution >= 4 is 68.1 Å². The first-order valence-corrected chi connectivity index (χ1v) is 15.5. The summed E-state index contributed by atoms with van der Waals surface area (Å²) in [6.45, 7) is -0.298. The van der Waals surface area contributed by atoms with Gasteiger partial charge in [-0.05, 0) is 66.2 Å². The van der Waals surface area contributed by atoms with Gasteiger partial charge in [-0.3, -0.25) is 23.7 Å². The molecule has 0 spiro atoms. The van der Waals surface area contributed by atoms with E-state index in [-0.39, 0.29) is 23.1 Å². The third-order valence-corrected chi connectivity index (χ3v) is 10.5. The Kier molecular flexibility index (Phi) is 7.79. The standard InChI is InChI=1S/C30H24BrN3O7S2/c1-40-20-12-3-15(13-21(20)41-2)23-24-25(28(38)34(27(24)37)18-8-4-16(31)5-9-18)42-29-26(23)43-30(39)33(29)14-22(36)32-17-6-10-19(35)11-7-17/h3-13,23-25,35H,14H2,1-2H3,(H,32,36)/t23-,24-,25+/m0/s1. The van der Waals surface area contributed by atoms with Crippen LogP contribution in [-0.4, -0.2) is 46.9 Å². The maximum atomic E-state index is 14.1. The Morgan fingerprint density at radius 2 is 1.65 bits per heavy atom. The number of aromatic nitrogens is 1. The van der Waals surface area contributed by atoms with Gasteiger partial charge in [-0.1, -0.05) is 45.1 Å². The van der Waals surface area contributed by atoms with Crippen molar-refractivity contribution < 1.29 is 29.0 Å². The summed E-state index contributed by atoms with van der Waals surface area (Å²) in [6, 6.07) is 18.2. The molecule has 3 heterocycles. The number of nitrogens with zero attached hydrogens (tertiary/aromatic N) is 2. The minimum atomic E-state index is -0.831. The van der Waals surface area contributed by atoms with E-state index < -0.39 is 28.9 Å². The van der Waals surface area contributed by atoms with Gasteiger partial charge in [0.05, 0.1) is 30.9 Å². The van der Waals surface area contributed by atoms with E-state index in [1.54, 1.807) is 54.6 Å². The molecule has 1 fully saturated rings. The van der Waals surface area contributed by atoms with Crippen LogP contribution in [0.25, 0.3) is 0 Å². The molecular formula is C30H24BrN3O7S2. The molecule has 43 heavy (non-hydrogen) atoms. The molecule has 3 amide bonds. The molecule has 1 saturated heterocycles. The Balaban J connectivity index is 1.43. The number of rotatable bonds is 7. The van der Waals surface area contributed by atoms with Crippen LogP contribution in [0.3, 0.4) is 0 Å². The summed E-state index contributed by atoms with van der Waals surface area (Å²) in [7, 11) is 3.03. The number of thioether (sulfide) groups is 1. The molecule has 0 bridgehead atoms. The van der Waals surface area contributed by atoms with Crippen LogP contribution >= 0.6 is 39.0 Å². The number of aromatic hydroxyl groups is 1. The maximum Gasteiger partial charge on any atom is 0.308 e. The fraction of sp³-hybridized carbons (Fsp3) is 0.200. The summed E-state index contributed by atoms with van der Waals surface area (Å²) in [5.74, 6) is -1.68. The fourth-order valence-electron chi connectivity index (χ4n) is 5.39. The van der Waals surface area contributed by atoms with Crippen LogP contribution in [0.2, 0.25) is 0 Å². The monoisotopic (exact) mass is 681 g/mol. The molecule has 3 aromatic carbocycles. The quantitative estimate of drug-likeness (QED) is 0.210. The molecular weight excluding hydrogens is 658 g/mol. The third-order valence-electron chi connectivity index (χ3n) is 7.35. The van der Waals surface area contributed by atoms with Crippen LogP contribution < -0.4 is 24.6 Å². The average Bonchev–Trinajstić information content (AvgIpc) is 3.44. The Bertz CT molecular complexity index is 1800. The number of carbonyl (C=O) groups excluding carboxylic acids is 3. The molecule has 220 valence electrons. The summed E-state index contributed by atoms with van der Waals surface area (Å²) in [6.07, 6.45) is 0. The second kappa shape index (κ2) is 11.5. The zero-order valence-electron chi connectivity index (χ0n) is 22.8. The van der Waals surface area contributed by atoms with Crippen molar-refractivity contribution in [2.45, 2.75) is 22.7 Å². The number of amides is 3. The summed E-state index contributed by atoms with van der Waals surface area (Å²) < 4.78 is 13.1. The van der Waals surface area contributed by atoms with Crippen molar-refractivity contribution in [1.82, 2.24) is 4.57 Å². The van der Waals surface area contributed by atoms with E-state index in [9.17, 15) is 24.3 Å². The van der Waals surface area contributed by atoms with E-state index in [0.717, 1.165) is 27.6 Å². The van der Waals surface area contributed by atoms with Gasteiger partial charge in [-0.2, -0.15) is 0 Å². The highest BCUT2D eigenvalue weighted by Gasteiger charge is 2.57. The molecule has 2 aliphatic rings. The number of carbonyl (C=O) groups is 3. The zero-order valence-corrected chi connectivity index (χ0v) is 26.0. The number of methoxy groups -OCH3 is 2. The Hall–Kier alpha value is -4.07. The van der Waals surface area contributed by atoms with E-state index in [0.29, 0.717) is 38.3 Å². The van der Waals surface area contributed by atoms with E-state index in [1.807, 2.05) is 0 Å². The van der Waals surface area contributed by atoms with Crippen LogP contribution in [0.4, 0.5) is 11.4 Å². The van der Waals surface area contributed by atoms with Crippen molar-refractivity contribution in [3.63, 3.8) is 0 Å². The average molecular weight is 683 g/mol. The largest absolute Gasteiger partial charge is 0.508 e. The van der Waals surface area contributed by atoms with Crippen molar-refractivity contribution in [3.8, 4) is 17.2 Å². The molecule has 6 rings (SSSR count).